The molecule has 1 aromatic rings. The summed E-state index contributed by atoms with van der Waals surface area (Å²) in [6, 6.07) is 5.54. The maximum atomic E-state index is 5.80. The molecule has 0 aliphatic carbocycles. The van der Waals surface area contributed by atoms with E-state index < -0.39 is 0 Å². The van der Waals surface area contributed by atoms with Crippen LogP contribution in [0.3, 0.4) is 0 Å². The van der Waals surface area contributed by atoms with Crippen LogP contribution in [0.15, 0.2) is 18.2 Å². The maximum Gasteiger partial charge on any atom is 0.0423 e. The van der Waals surface area contributed by atoms with E-state index >= 15 is 0 Å². The summed E-state index contributed by atoms with van der Waals surface area (Å²) in [5.74, 6) is 1.22. The molecule has 0 heterocycles. The molecule has 2 heteroatoms. The minimum Gasteiger partial charge on any atom is -0.0843 e. The van der Waals surface area contributed by atoms with Gasteiger partial charge >= 0.3 is 0 Å². The number of hydrogen-bond acceptors (Lipinski definition) is 0. The molecule has 0 bridgehead atoms. The highest BCUT2D eigenvalue weighted by Crippen LogP contribution is 2.23. The van der Waals surface area contributed by atoms with Gasteiger partial charge in [0.15, 0.2) is 0 Å². The monoisotopic (exact) mass is 187 g/mol. The van der Waals surface area contributed by atoms with Gasteiger partial charge in [0.25, 0.3) is 0 Å². The van der Waals surface area contributed by atoms with Crippen LogP contribution in [0.1, 0.15) is 19.4 Å². The third-order valence-corrected chi connectivity index (χ3v) is 1.88. The summed E-state index contributed by atoms with van der Waals surface area (Å²) in [6.07, 6.45) is 0. The molecule has 0 nitrogen and oxygen atoms in total. The van der Waals surface area contributed by atoms with Crippen LogP contribution in [-0.4, -0.2) is 0 Å². The van der Waals surface area contributed by atoms with E-state index in [2.05, 4.69) is 0 Å². The van der Waals surface area contributed by atoms with Crippen LogP contribution in [0, 0.1) is 5.92 Å². The van der Waals surface area contributed by atoms with Crippen molar-refractivity contribution in [1.82, 2.24) is 0 Å². The van der Waals surface area contributed by atoms with Crippen molar-refractivity contribution in [3.8, 4) is 0 Å². The van der Waals surface area contributed by atoms with E-state index in [0.29, 0.717) is 10.0 Å². The average molecular weight is 188 g/mol. The van der Waals surface area contributed by atoms with Gasteiger partial charge in [-0.2, -0.15) is 0 Å². The summed E-state index contributed by atoms with van der Waals surface area (Å²) in [5.41, 5.74) is 1.10. The van der Waals surface area contributed by atoms with Gasteiger partial charge in [-0.3, -0.25) is 0 Å². The van der Waals surface area contributed by atoms with E-state index in [4.69, 9.17) is 23.2 Å². The highest BCUT2D eigenvalue weighted by Gasteiger charge is 2.01. The lowest BCUT2D eigenvalue weighted by Gasteiger charge is -2.04. The van der Waals surface area contributed by atoms with Crippen molar-refractivity contribution >= 4 is 23.2 Å². The van der Waals surface area contributed by atoms with Crippen molar-refractivity contribution in [2.24, 2.45) is 0 Å². The van der Waals surface area contributed by atoms with Crippen molar-refractivity contribution in [2.75, 3.05) is 0 Å². The lowest BCUT2D eigenvalue weighted by atomic mass is 10.0. The molecule has 0 unspecified atom stereocenters. The van der Waals surface area contributed by atoms with Crippen LogP contribution in [0.4, 0.5) is 0 Å². The summed E-state index contributed by atoms with van der Waals surface area (Å²) in [4.78, 5) is 0. The zero-order chi connectivity index (χ0) is 8.43. The second kappa shape index (κ2) is 3.46. The van der Waals surface area contributed by atoms with Crippen LogP contribution in [-0.2, 0) is 0 Å². The Balaban J connectivity index is 3.08. The summed E-state index contributed by atoms with van der Waals surface area (Å²) in [5, 5.41) is 1.38. The van der Waals surface area contributed by atoms with Gasteiger partial charge in [-0.15, -0.1) is 0 Å². The van der Waals surface area contributed by atoms with Gasteiger partial charge in [0.2, 0.25) is 0 Å². The third-order valence-electron chi connectivity index (χ3n) is 1.44. The Hall–Kier alpha value is -0.200. The van der Waals surface area contributed by atoms with Crippen LogP contribution in [0.25, 0.3) is 0 Å². The molecule has 0 saturated carbocycles. The Bertz CT molecular complexity index is 233. The summed E-state index contributed by atoms with van der Waals surface area (Å²) in [7, 11) is 0. The second-order valence-electron chi connectivity index (χ2n) is 2.66. The fourth-order valence-corrected chi connectivity index (χ4v) is 1.37. The molecule has 0 amide bonds. The maximum absolute atomic E-state index is 5.80. The number of halogens is 2. The topological polar surface area (TPSA) is 0 Å². The van der Waals surface area contributed by atoms with Gasteiger partial charge in [0.05, 0.1) is 0 Å². The van der Waals surface area contributed by atoms with Crippen molar-refractivity contribution in [3.05, 3.63) is 39.7 Å². The first kappa shape index (κ1) is 8.89. The molecule has 0 aromatic heterocycles. The van der Waals surface area contributed by atoms with Crippen LogP contribution >= 0.6 is 23.2 Å². The van der Waals surface area contributed by atoms with Crippen LogP contribution in [0.2, 0.25) is 10.0 Å². The molecule has 0 N–H and O–H groups in total. The Morgan fingerprint density at radius 2 is 1.45 bits per heavy atom. The fraction of sp³-hybridized carbons (Fsp3) is 0.222. The number of rotatable bonds is 1. The van der Waals surface area contributed by atoms with Gasteiger partial charge in [0.1, 0.15) is 0 Å². The average Bonchev–Trinajstić information content (AvgIpc) is 1.85. The molecule has 0 aliphatic heterocycles. The highest BCUT2D eigenvalue weighted by molar-refractivity contribution is 6.34. The van der Waals surface area contributed by atoms with Crippen LogP contribution in [0.5, 0.6) is 0 Å². The minimum atomic E-state index is 0.689. The van der Waals surface area contributed by atoms with Crippen molar-refractivity contribution in [3.63, 3.8) is 0 Å². The van der Waals surface area contributed by atoms with Gasteiger partial charge < -0.3 is 0 Å². The van der Waals surface area contributed by atoms with Gasteiger partial charge in [-0.25, -0.2) is 0 Å². The Labute approximate surface area is 77.1 Å². The molecule has 0 aliphatic rings. The Kier molecular flexibility index (Phi) is 2.80. The molecule has 59 valence electrons. The van der Waals surface area contributed by atoms with Crippen molar-refractivity contribution < 1.29 is 0 Å². The minimum absolute atomic E-state index is 0.689. The summed E-state index contributed by atoms with van der Waals surface area (Å²) in [6.45, 7) is 4.06. The molecule has 0 saturated heterocycles. The zero-order valence-electron chi connectivity index (χ0n) is 6.49. The highest BCUT2D eigenvalue weighted by atomic mass is 35.5. The van der Waals surface area contributed by atoms with E-state index in [-0.39, 0.29) is 0 Å². The third kappa shape index (κ3) is 2.39. The Morgan fingerprint density at radius 3 is 1.82 bits per heavy atom. The molecular weight excluding hydrogens is 179 g/mol. The van der Waals surface area contributed by atoms with Crippen LogP contribution < -0.4 is 0 Å². The van der Waals surface area contributed by atoms with E-state index in [9.17, 15) is 0 Å². The van der Waals surface area contributed by atoms with Gasteiger partial charge in [-0.1, -0.05) is 37.0 Å². The molecule has 0 atom stereocenters. The zero-order valence-corrected chi connectivity index (χ0v) is 8.00. The first-order valence-corrected chi connectivity index (χ1v) is 4.12. The normalized spacial score (nSPS) is 10.6. The quantitative estimate of drug-likeness (QED) is 0.625. The smallest absolute Gasteiger partial charge is 0.0423 e. The number of hydrogen-bond donors (Lipinski definition) is 0. The van der Waals surface area contributed by atoms with E-state index in [1.165, 1.54) is 5.92 Å². The molecule has 11 heavy (non-hydrogen) atoms. The molecule has 1 rings (SSSR count). The lowest BCUT2D eigenvalue weighted by molar-refractivity contribution is 1.15. The SMILES string of the molecule is C[C](C)c1cc(Cl)cc(Cl)c1. The second-order valence-corrected chi connectivity index (χ2v) is 3.53. The van der Waals surface area contributed by atoms with Crippen molar-refractivity contribution in [1.29, 1.82) is 0 Å². The molecule has 1 radical (unpaired) electrons. The molecule has 0 spiro atoms. The van der Waals surface area contributed by atoms with Gasteiger partial charge in [-0.05, 0) is 29.7 Å². The van der Waals surface area contributed by atoms with E-state index in [1.54, 1.807) is 6.07 Å². The number of benzene rings is 1. The predicted molar refractivity (Wildman–Crippen MR) is 50.2 cm³/mol. The lowest BCUT2D eigenvalue weighted by Crippen LogP contribution is -1.87. The fourth-order valence-electron chi connectivity index (χ4n) is 0.843. The largest absolute Gasteiger partial charge is 0.0843 e. The van der Waals surface area contributed by atoms with Crippen molar-refractivity contribution in [2.45, 2.75) is 13.8 Å². The first-order chi connectivity index (χ1) is 5.09. The molecule has 1 aromatic carbocycles. The van der Waals surface area contributed by atoms with E-state index in [1.807, 2.05) is 26.0 Å². The summed E-state index contributed by atoms with van der Waals surface area (Å²) < 4.78 is 0. The summed E-state index contributed by atoms with van der Waals surface area (Å²) >= 11 is 11.6. The Morgan fingerprint density at radius 1 is 1.00 bits per heavy atom. The molecular formula is C9H9Cl2. The van der Waals surface area contributed by atoms with Gasteiger partial charge in [0, 0.05) is 10.0 Å². The molecule has 0 fully saturated rings. The van der Waals surface area contributed by atoms with E-state index in [0.717, 1.165) is 5.56 Å². The first-order valence-electron chi connectivity index (χ1n) is 3.36. The predicted octanol–water partition coefficient (Wildman–Crippen LogP) is 3.96. The standard InChI is InChI=1S/C9H9Cl2/c1-6(2)7-3-8(10)5-9(11)4-7/h3-5H,1-2H3.